The molecule has 3 rings (SSSR count). The van der Waals surface area contributed by atoms with E-state index in [0.29, 0.717) is 17.4 Å². The van der Waals surface area contributed by atoms with Crippen molar-refractivity contribution in [2.75, 3.05) is 5.73 Å². The summed E-state index contributed by atoms with van der Waals surface area (Å²) in [5, 5.41) is 3.98. The summed E-state index contributed by atoms with van der Waals surface area (Å²) in [7, 11) is 0. The van der Waals surface area contributed by atoms with Gasteiger partial charge in [0.2, 0.25) is 5.82 Å². The van der Waals surface area contributed by atoms with Crippen LogP contribution in [0.25, 0.3) is 22.8 Å². The highest BCUT2D eigenvalue weighted by Crippen LogP contribution is 2.29. The molecule has 0 aliphatic rings. The Hall–Kier alpha value is -2.14. The predicted octanol–water partition coefficient (Wildman–Crippen LogP) is 3.75. The van der Waals surface area contributed by atoms with Gasteiger partial charge in [-0.1, -0.05) is 51.4 Å². The van der Waals surface area contributed by atoms with Crippen molar-refractivity contribution in [1.29, 1.82) is 0 Å². The van der Waals surface area contributed by atoms with E-state index in [1.807, 2.05) is 42.5 Å². The maximum Gasteiger partial charge on any atom is 0.260 e. The summed E-state index contributed by atoms with van der Waals surface area (Å²) in [5.74, 6) is 0.965. The second kappa shape index (κ2) is 4.85. The highest BCUT2D eigenvalue weighted by Gasteiger charge is 2.13. The van der Waals surface area contributed by atoms with Crippen molar-refractivity contribution in [3.8, 4) is 22.8 Å². The van der Waals surface area contributed by atoms with Crippen LogP contribution < -0.4 is 5.73 Å². The van der Waals surface area contributed by atoms with Gasteiger partial charge in [0.1, 0.15) is 0 Å². The summed E-state index contributed by atoms with van der Waals surface area (Å²) in [6.45, 7) is 0. The number of anilines is 1. The van der Waals surface area contributed by atoms with Gasteiger partial charge in [-0.05, 0) is 18.2 Å². The average molecular weight is 316 g/mol. The molecule has 0 bridgehead atoms. The van der Waals surface area contributed by atoms with E-state index in [1.54, 1.807) is 6.07 Å². The van der Waals surface area contributed by atoms with Gasteiger partial charge in [-0.15, -0.1) is 0 Å². The largest absolute Gasteiger partial charge is 0.398 e. The summed E-state index contributed by atoms with van der Waals surface area (Å²) in [6.07, 6.45) is 0. The lowest BCUT2D eigenvalue weighted by Gasteiger charge is -2.00. The molecular formula is C14H10BrN3O. The van der Waals surface area contributed by atoms with E-state index < -0.39 is 0 Å². The molecule has 19 heavy (non-hydrogen) atoms. The molecule has 0 aliphatic carbocycles. The Labute approximate surface area is 118 Å². The van der Waals surface area contributed by atoms with Gasteiger partial charge in [0, 0.05) is 15.7 Å². The van der Waals surface area contributed by atoms with Gasteiger partial charge in [-0.25, -0.2) is 0 Å². The van der Waals surface area contributed by atoms with Crippen LogP contribution in [0.15, 0.2) is 57.5 Å². The van der Waals surface area contributed by atoms with Crippen molar-refractivity contribution < 1.29 is 4.52 Å². The quantitative estimate of drug-likeness (QED) is 0.731. The zero-order valence-corrected chi connectivity index (χ0v) is 11.5. The molecule has 0 saturated carbocycles. The third kappa shape index (κ3) is 2.37. The Morgan fingerprint density at radius 1 is 1.05 bits per heavy atom. The molecule has 0 aliphatic heterocycles. The third-order valence-corrected chi connectivity index (χ3v) is 3.20. The number of nitrogens with zero attached hydrogens (tertiary/aromatic N) is 2. The van der Waals surface area contributed by atoms with Gasteiger partial charge in [0.05, 0.1) is 5.56 Å². The molecule has 1 heterocycles. The van der Waals surface area contributed by atoms with Gasteiger partial charge in [-0.2, -0.15) is 4.98 Å². The molecule has 0 unspecified atom stereocenters. The van der Waals surface area contributed by atoms with Crippen LogP contribution in [0.2, 0.25) is 0 Å². The second-order valence-corrected chi connectivity index (χ2v) is 4.94. The third-order valence-electron chi connectivity index (χ3n) is 2.70. The lowest BCUT2D eigenvalue weighted by molar-refractivity contribution is 0.432. The van der Waals surface area contributed by atoms with Crippen LogP contribution in [0.1, 0.15) is 0 Å². The van der Waals surface area contributed by atoms with Crippen LogP contribution in [0.5, 0.6) is 0 Å². The topological polar surface area (TPSA) is 64.9 Å². The van der Waals surface area contributed by atoms with Crippen LogP contribution in [0, 0.1) is 0 Å². The fraction of sp³-hybridized carbons (Fsp3) is 0. The first-order valence-electron chi connectivity index (χ1n) is 5.68. The molecular weight excluding hydrogens is 306 g/mol. The lowest BCUT2D eigenvalue weighted by Crippen LogP contribution is -1.90. The van der Waals surface area contributed by atoms with Crippen LogP contribution in [0.4, 0.5) is 5.69 Å². The minimum atomic E-state index is 0.414. The highest BCUT2D eigenvalue weighted by molar-refractivity contribution is 9.10. The molecule has 4 nitrogen and oxygen atoms in total. The first kappa shape index (κ1) is 11.9. The molecule has 2 aromatic carbocycles. The Morgan fingerprint density at radius 3 is 2.63 bits per heavy atom. The molecule has 0 saturated heterocycles. The van der Waals surface area contributed by atoms with E-state index in [9.17, 15) is 0 Å². The second-order valence-electron chi connectivity index (χ2n) is 4.02. The molecule has 0 fully saturated rings. The van der Waals surface area contributed by atoms with E-state index in [0.717, 1.165) is 15.6 Å². The van der Waals surface area contributed by atoms with Crippen LogP contribution in [0.3, 0.4) is 0 Å². The van der Waals surface area contributed by atoms with E-state index in [1.165, 1.54) is 0 Å². The number of rotatable bonds is 2. The number of hydrogen-bond donors (Lipinski definition) is 1. The lowest BCUT2D eigenvalue weighted by atomic mass is 10.2. The van der Waals surface area contributed by atoms with E-state index in [-0.39, 0.29) is 0 Å². The van der Waals surface area contributed by atoms with Crippen molar-refractivity contribution in [1.82, 2.24) is 10.1 Å². The first-order chi connectivity index (χ1) is 9.24. The van der Waals surface area contributed by atoms with Crippen molar-refractivity contribution in [3.63, 3.8) is 0 Å². The normalized spacial score (nSPS) is 10.6. The Bertz CT molecular complexity index is 710. The molecule has 0 amide bonds. The number of nitrogen functional groups attached to an aromatic ring is 1. The number of nitrogens with two attached hydrogens (primary N) is 1. The fourth-order valence-corrected chi connectivity index (χ4v) is 2.11. The monoisotopic (exact) mass is 315 g/mol. The Balaban J connectivity index is 2.04. The summed E-state index contributed by atoms with van der Waals surface area (Å²) in [5.41, 5.74) is 8.16. The van der Waals surface area contributed by atoms with Crippen LogP contribution in [-0.4, -0.2) is 10.1 Å². The summed E-state index contributed by atoms with van der Waals surface area (Å²) in [4.78, 5) is 4.37. The number of aromatic nitrogens is 2. The summed E-state index contributed by atoms with van der Waals surface area (Å²) < 4.78 is 6.19. The molecule has 0 radical (unpaired) electrons. The molecule has 3 aromatic rings. The van der Waals surface area contributed by atoms with Crippen LogP contribution >= 0.6 is 15.9 Å². The Kier molecular flexibility index (Phi) is 3.05. The molecule has 0 atom stereocenters. The van der Waals surface area contributed by atoms with E-state index >= 15 is 0 Å². The summed E-state index contributed by atoms with van der Waals surface area (Å²) >= 11 is 3.40. The van der Waals surface area contributed by atoms with Crippen molar-refractivity contribution in [2.24, 2.45) is 0 Å². The standard InChI is InChI=1S/C14H10BrN3O/c15-10-6-7-12(16)11(8-10)14-17-13(18-19-14)9-4-2-1-3-5-9/h1-8H,16H2. The van der Waals surface area contributed by atoms with Gasteiger partial charge >= 0.3 is 0 Å². The van der Waals surface area contributed by atoms with Crippen LogP contribution in [-0.2, 0) is 0 Å². The zero-order valence-electron chi connectivity index (χ0n) is 9.88. The SMILES string of the molecule is Nc1ccc(Br)cc1-c1nc(-c2ccccc2)no1. The van der Waals surface area contributed by atoms with Gasteiger partial charge < -0.3 is 10.3 Å². The van der Waals surface area contributed by atoms with Gasteiger partial charge in [0.25, 0.3) is 5.89 Å². The molecule has 5 heteroatoms. The minimum absolute atomic E-state index is 0.414. The fourth-order valence-electron chi connectivity index (χ4n) is 1.75. The molecule has 2 N–H and O–H groups in total. The Morgan fingerprint density at radius 2 is 1.84 bits per heavy atom. The molecule has 1 aromatic heterocycles. The number of halogens is 1. The van der Waals surface area contributed by atoms with Gasteiger partial charge in [-0.3, -0.25) is 0 Å². The number of hydrogen-bond acceptors (Lipinski definition) is 4. The zero-order chi connectivity index (χ0) is 13.2. The average Bonchev–Trinajstić information content (AvgIpc) is 2.92. The van der Waals surface area contributed by atoms with E-state index in [4.69, 9.17) is 10.3 Å². The smallest absolute Gasteiger partial charge is 0.260 e. The van der Waals surface area contributed by atoms with Crippen molar-refractivity contribution in [2.45, 2.75) is 0 Å². The molecule has 0 spiro atoms. The van der Waals surface area contributed by atoms with Crippen molar-refractivity contribution >= 4 is 21.6 Å². The maximum absolute atomic E-state index is 5.92. The van der Waals surface area contributed by atoms with E-state index in [2.05, 4.69) is 26.1 Å². The molecule has 94 valence electrons. The summed E-state index contributed by atoms with van der Waals surface area (Å²) in [6, 6.07) is 15.2. The van der Waals surface area contributed by atoms with Crippen molar-refractivity contribution in [3.05, 3.63) is 53.0 Å². The highest BCUT2D eigenvalue weighted by atomic mass is 79.9. The predicted molar refractivity (Wildman–Crippen MR) is 77.3 cm³/mol. The maximum atomic E-state index is 5.92. The first-order valence-corrected chi connectivity index (χ1v) is 6.48. The number of benzene rings is 2. The van der Waals surface area contributed by atoms with Gasteiger partial charge in [0.15, 0.2) is 0 Å². The minimum Gasteiger partial charge on any atom is -0.398 e.